The number of rotatable bonds is 5. The number of hydrogen-bond donors (Lipinski definition) is 2. The molecule has 0 spiro atoms. The maximum Gasteiger partial charge on any atom is 0.573 e. The number of halogens is 3. The van der Waals surface area contributed by atoms with E-state index in [1.807, 2.05) is 0 Å². The van der Waals surface area contributed by atoms with Gasteiger partial charge in [0.25, 0.3) is 0 Å². The Bertz CT molecular complexity index is 513. The Labute approximate surface area is 126 Å². The summed E-state index contributed by atoms with van der Waals surface area (Å²) in [6.45, 7) is 3.05. The Balaban J connectivity index is 2.67. The van der Waals surface area contributed by atoms with Crippen LogP contribution in [-0.4, -0.2) is 41.6 Å². The Hall–Kier alpha value is -1.96. The fourth-order valence-electron chi connectivity index (χ4n) is 1.83. The third-order valence-corrected chi connectivity index (χ3v) is 2.60. The van der Waals surface area contributed by atoms with Crippen molar-refractivity contribution in [2.45, 2.75) is 32.4 Å². The van der Waals surface area contributed by atoms with Crippen LogP contribution >= 0.6 is 0 Å². The van der Waals surface area contributed by atoms with E-state index in [0.29, 0.717) is 0 Å². The summed E-state index contributed by atoms with van der Waals surface area (Å²) in [5.74, 6) is -0.361. The smallest absolute Gasteiger partial charge is 0.405 e. The predicted molar refractivity (Wildman–Crippen MR) is 74.3 cm³/mol. The highest BCUT2D eigenvalue weighted by atomic mass is 19.4. The number of para-hydroxylation sites is 1. The van der Waals surface area contributed by atoms with Crippen molar-refractivity contribution in [1.29, 1.82) is 0 Å². The van der Waals surface area contributed by atoms with E-state index in [-0.39, 0.29) is 24.4 Å². The number of likely N-dealkylation sites (N-methyl/N-ethyl adjacent to an activating group) is 1. The first-order valence-electron chi connectivity index (χ1n) is 6.53. The van der Waals surface area contributed by atoms with Gasteiger partial charge in [0.2, 0.25) is 0 Å². The van der Waals surface area contributed by atoms with E-state index in [0.717, 1.165) is 0 Å². The molecule has 5 nitrogen and oxygen atoms in total. The van der Waals surface area contributed by atoms with Gasteiger partial charge in [0.05, 0.1) is 12.1 Å². The molecule has 22 heavy (non-hydrogen) atoms. The number of aliphatic hydroxyl groups is 1. The number of hydrogen-bond acceptors (Lipinski definition) is 3. The number of benzene rings is 1. The number of nitrogens with one attached hydrogen (secondary N) is 1. The number of nitrogens with zero attached hydrogens (tertiary/aromatic N) is 1. The second-order valence-corrected chi connectivity index (χ2v) is 5.48. The van der Waals surface area contributed by atoms with Crippen LogP contribution in [0.3, 0.4) is 0 Å². The molecule has 0 atom stereocenters. The van der Waals surface area contributed by atoms with Crippen molar-refractivity contribution in [2.24, 2.45) is 0 Å². The van der Waals surface area contributed by atoms with E-state index in [2.05, 4.69) is 10.1 Å². The van der Waals surface area contributed by atoms with Gasteiger partial charge in [-0.25, -0.2) is 4.79 Å². The lowest BCUT2D eigenvalue weighted by molar-refractivity contribution is -0.274. The SMILES string of the molecule is CN(CC(C)(C)O)C(=O)NCc1ccccc1OC(F)(F)F. The molecular formula is C14H19F3N2O3. The minimum Gasteiger partial charge on any atom is -0.405 e. The van der Waals surface area contributed by atoms with Gasteiger partial charge in [-0.15, -0.1) is 13.2 Å². The number of ether oxygens (including phenoxy) is 1. The van der Waals surface area contributed by atoms with Crippen LogP contribution in [0.2, 0.25) is 0 Å². The van der Waals surface area contributed by atoms with Crippen LogP contribution in [0.4, 0.5) is 18.0 Å². The van der Waals surface area contributed by atoms with E-state index in [1.165, 1.54) is 30.1 Å². The fraction of sp³-hybridized carbons (Fsp3) is 0.500. The lowest BCUT2D eigenvalue weighted by Crippen LogP contribution is -2.44. The zero-order valence-corrected chi connectivity index (χ0v) is 12.6. The summed E-state index contributed by atoms with van der Waals surface area (Å²) in [6, 6.07) is 5.05. The molecule has 0 unspecified atom stereocenters. The van der Waals surface area contributed by atoms with Crippen molar-refractivity contribution >= 4 is 6.03 Å². The summed E-state index contributed by atoms with van der Waals surface area (Å²) >= 11 is 0. The maximum atomic E-state index is 12.3. The number of carbonyl (C=O) groups is 1. The molecule has 0 saturated heterocycles. The zero-order valence-electron chi connectivity index (χ0n) is 12.6. The van der Waals surface area contributed by atoms with Crippen LogP contribution in [0.1, 0.15) is 19.4 Å². The highest BCUT2D eigenvalue weighted by Crippen LogP contribution is 2.26. The Morgan fingerprint density at radius 3 is 2.45 bits per heavy atom. The van der Waals surface area contributed by atoms with Gasteiger partial charge < -0.3 is 20.1 Å². The molecule has 0 bridgehead atoms. The molecule has 0 fully saturated rings. The molecule has 0 saturated carbocycles. The van der Waals surface area contributed by atoms with Gasteiger partial charge >= 0.3 is 12.4 Å². The van der Waals surface area contributed by atoms with Crippen molar-refractivity contribution in [3.05, 3.63) is 29.8 Å². The number of alkyl halides is 3. The summed E-state index contributed by atoms with van der Waals surface area (Å²) in [6.07, 6.45) is -4.79. The van der Waals surface area contributed by atoms with Crippen molar-refractivity contribution in [1.82, 2.24) is 10.2 Å². The first-order chi connectivity index (χ1) is 9.98. The molecule has 0 aliphatic rings. The molecule has 124 valence electrons. The monoisotopic (exact) mass is 320 g/mol. The fourth-order valence-corrected chi connectivity index (χ4v) is 1.83. The molecule has 0 aliphatic carbocycles. The minimum absolute atomic E-state index is 0.0829. The van der Waals surface area contributed by atoms with Crippen LogP contribution in [0.15, 0.2) is 24.3 Å². The quantitative estimate of drug-likeness (QED) is 0.876. The van der Waals surface area contributed by atoms with Crippen molar-refractivity contribution in [3.8, 4) is 5.75 Å². The summed E-state index contributed by atoms with van der Waals surface area (Å²) in [7, 11) is 1.48. The van der Waals surface area contributed by atoms with Crippen LogP contribution in [0.5, 0.6) is 5.75 Å². The summed E-state index contributed by atoms with van der Waals surface area (Å²) in [5.41, 5.74) is -0.867. The molecule has 1 rings (SSSR count). The van der Waals surface area contributed by atoms with E-state index >= 15 is 0 Å². The van der Waals surface area contributed by atoms with E-state index in [9.17, 15) is 23.1 Å². The van der Waals surface area contributed by atoms with Crippen molar-refractivity contribution in [2.75, 3.05) is 13.6 Å². The Kier molecular flexibility index (Phi) is 5.65. The van der Waals surface area contributed by atoms with Gasteiger partial charge in [-0.3, -0.25) is 0 Å². The second kappa shape index (κ2) is 6.87. The minimum atomic E-state index is -4.79. The molecule has 0 radical (unpaired) electrons. The Morgan fingerprint density at radius 2 is 1.91 bits per heavy atom. The molecule has 1 aromatic carbocycles. The molecule has 8 heteroatoms. The molecule has 2 amide bonds. The lowest BCUT2D eigenvalue weighted by atomic mass is 10.1. The third kappa shape index (κ3) is 6.66. The van der Waals surface area contributed by atoms with Gasteiger partial charge in [0, 0.05) is 19.2 Å². The van der Waals surface area contributed by atoms with E-state index in [1.54, 1.807) is 19.9 Å². The van der Waals surface area contributed by atoms with Crippen LogP contribution in [0.25, 0.3) is 0 Å². The topological polar surface area (TPSA) is 61.8 Å². The number of carbonyl (C=O) groups excluding carboxylic acids is 1. The van der Waals surface area contributed by atoms with Crippen LogP contribution < -0.4 is 10.1 Å². The summed E-state index contributed by atoms with van der Waals surface area (Å²) < 4.78 is 40.8. The summed E-state index contributed by atoms with van der Waals surface area (Å²) in [5, 5.41) is 12.1. The first-order valence-corrected chi connectivity index (χ1v) is 6.53. The van der Waals surface area contributed by atoms with Gasteiger partial charge in [0.15, 0.2) is 0 Å². The zero-order chi connectivity index (χ0) is 17.0. The average molecular weight is 320 g/mol. The van der Waals surface area contributed by atoms with Gasteiger partial charge in [-0.05, 0) is 19.9 Å². The summed E-state index contributed by atoms with van der Waals surface area (Å²) in [4.78, 5) is 13.1. The average Bonchev–Trinajstić information content (AvgIpc) is 2.33. The first kappa shape index (κ1) is 18.1. The van der Waals surface area contributed by atoms with Gasteiger partial charge in [-0.1, -0.05) is 18.2 Å². The highest BCUT2D eigenvalue weighted by Gasteiger charge is 2.32. The molecule has 0 aromatic heterocycles. The maximum absolute atomic E-state index is 12.3. The standard InChI is InChI=1S/C14H19F3N2O3/c1-13(2,21)9-19(3)12(20)18-8-10-6-4-5-7-11(10)22-14(15,16)17/h4-7,21H,8-9H2,1-3H3,(H,18,20). The third-order valence-electron chi connectivity index (χ3n) is 2.60. The van der Waals surface area contributed by atoms with Crippen LogP contribution in [-0.2, 0) is 6.54 Å². The predicted octanol–water partition coefficient (Wildman–Crippen LogP) is 2.50. The highest BCUT2D eigenvalue weighted by molar-refractivity contribution is 5.74. The second-order valence-electron chi connectivity index (χ2n) is 5.48. The van der Waals surface area contributed by atoms with E-state index < -0.39 is 18.0 Å². The Morgan fingerprint density at radius 1 is 1.32 bits per heavy atom. The molecule has 2 N–H and O–H groups in total. The van der Waals surface area contributed by atoms with Crippen molar-refractivity contribution in [3.63, 3.8) is 0 Å². The molecule has 1 aromatic rings. The van der Waals surface area contributed by atoms with E-state index in [4.69, 9.17) is 0 Å². The largest absolute Gasteiger partial charge is 0.573 e. The molecule has 0 heterocycles. The van der Waals surface area contributed by atoms with Crippen molar-refractivity contribution < 1.29 is 27.8 Å². The molecule has 0 aliphatic heterocycles. The van der Waals surface area contributed by atoms with Crippen LogP contribution in [0, 0.1) is 0 Å². The lowest BCUT2D eigenvalue weighted by Gasteiger charge is -2.25. The van der Waals surface area contributed by atoms with Gasteiger partial charge in [0.1, 0.15) is 5.75 Å². The van der Waals surface area contributed by atoms with Gasteiger partial charge in [-0.2, -0.15) is 0 Å². The normalized spacial score (nSPS) is 12.0. The molecular weight excluding hydrogens is 301 g/mol. The number of amides is 2. The number of urea groups is 1.